The molecule has 4 aromatic heterocycles. The average molecular weight is 392 g/mol. The van der Waals surface area contributed by atoms with Crippen molar-refractivity contribution in [1.82, 2.24) is 33.9 Å². The highest BCUT2D eigenvalue weighted by Gasteiger charge is 2.30. The molecule has 0 aromatic carbocycles. The molecule has 0 unspecified atom stereocenters. The molecule has 0 saturated heterocycles. The summed E-state index contributed by atoms with van der Waals surface area (Å²) in [6, 6.07) is 2.34. The minimum absolute atomic E-state index is 0.316. The van der Waals surface area contributed by atoms with Crippen molar-refractivity contribution in [3.05, 3.63) is 36.4 Å². The number of methoxy groups -OCH3 is 1. The van der Waals surface area contributed by atoms with Crippen LogP contribution >= 0.6 is 0 Å². The van der Waals surface area contributed by atoms with Gasteiger partial charge in [0.2, 0.25) is 5.82 Å². The van der Waals surface area contributed by atoms with Gasteiger partial charge in [-0.2, -0.15) is 5.10 Å². The summed E-state index contributed by atoms with van der Waals surface area (Å²) in [5.41, 5.74) is 4.02. The number of rotatable bonds is 5. The van der Waals surface area contributed by atoms with Gasteiger partial charge in [0.05, 0.1) is 11.8 Å². The first-order chi connectivity index (χ1) is 14.0. The highest BCUT2D eigenvalue weighted by atomic mass is 16.5. The van der Waals surface area contributed by atoms with Crippen molar-refractivity contribution < 1.29 is 4.74 Å². The number of aromatic nitrogens is 7. The maximum atomic E-state index is 5.43. The van der Waals surface area contributed by atoms with E-state index >= 15 is 0 Å². The normalized spacial score (nSPS) is 18.9. The van der Waals surface area contributed by atoms with Crippen molar-refractivity contribution >= 4 is 11.3 Å². The van der Waals surface area contributed by atoms with Crippen LogP contribution in [-0.4, -0.2) is 53.2 Å². The van der Waals surface area contributed by atoms with Crippen LogP contribution < -0.4 is 5.32 Å². The Morgan fingerprint density at radius 3 is 2.66 bits per heavy atom. The number of fused-ring (bicyclic) bond motifs is 1. The molecule has 0 amide bonds. The lowest BCUT2D eigenvalue weighted by Gasteiger charge is -2.35. The summed E-state index contributed by atoms with van der Waals surface area (Å²) in [5.74, 6) is 2.12. The molecule has 1 N–H and O–H groups in total. The van der Waals surface area contributed by atoms with E-state index in [2.05, 4.69) is 22.3 Å². The van der Waals surface area contributed by atoms with Crippen LogP contribution in [0, 0.1) is 6.92 Å². The van der Waals surface area contributed by atoms with Gasteiger partial charge in [0.1, 0.15) is 5.52 Å². The second kappa shape index (κ2) is 6.70. The van der Waals surface area contributed by atoms with E-state index in [1.165, 1.54) is 0 Å². The minimum Gasteiger partial charge on any atom is -0.381 e. The molecule has 29 heavy (non-hydrogen) atoms. The molecule has 9 nitrogen and oxygen atoms in total. The van der Waals surface area contributed by atoms with E-state index in [-0.39, 0.29) is 0 Å². The minimum atomic E-state index is 0.316. The monoisotopic (exact) mass is 392 g/mol. The van der Waals surface area contributed by atoms with Crippen molar-refractivity contribution in [2.75, 3.05) is 12.4 Å². The largest absolute Gasteiger partial charge is 0.381 e. The lowest BCUT2D eigenvalue weighted by atomic mass is 9.89. The Hall–Kier alpha value is -3.20. The maximum Gasteiger partial charge on any atom is 0.218 e. The van der Waals surface area contributed by atoms with Crippen LogP contribution in [0.3, 0.4) is 0 Å². The Kier molecular flexibility index (Phi) is 4.13. The summed E-state index contributed by atoms with van der Waals surface area (Å²) in [6.07, 6.45) is 9.87. The van der Waals surface area contributed by atoms with Gasteiger partial charge in [0.25, 0.3) is 0 Å². The molecular formula is C20H24N8O. The first-order valence-corrected chi connectivity index (χ1v) is 9.70. The smallest absolute Gasteiger partial charge is 0.218 e. The Balaban J connectivity index is 1.64. The fraction of sp³-hybridized carbons (Fsp3) is 0.400. The maximum absolute atomic E-state index is 5.43. The SMILES string of the molecule is CO[C@H]1C[C@H](Nc2nc(-c3nccn3C)nn3cc(-c4ccn(C)n4)c(C)c23)C1. The van der Waals surface area contributed by atoms with E-state index in [9.17, 15) is 0 Å². The third-order valence-electron chi connectivity index (χ3n) is 5.66. The lowest BCUT2D eigenvalue weighted by molar-refractivity contribution is 0.0328. The Morgan fingerprint density at radius 1 is 1.17 bits per heavy atom. The van der Waals surface area contributed by atoms with Gasteiger partial charge in [-0.3, -0.25) is 4.68 Å². The van der Waals surface area contributed by atoms with Gasteiger partial charge in [-0.1, -0.05) is 0 Å². The number of nitrogens with zero attached hydrogens (tertiary/aromatic N) is 7. The zero-order valence-electron chi connectivity index (χ0n) is 17.0. The predicted molar refractivity (Wildman–Crippen MR) is 110 cm³/mol. The summed E-state index contributed by atoms with van der Waals surface area (Å²) in [4.78, 5) is 9.28. The second-order valence-electron chi connectivity index (χ2n) is 7.65. The van der Waals surface area contributed by atoms with E-state index in [0.29, 0.717) is 18.0 Å². The van der Waals surface area contributed by atoms with E-state index < -0.39 is 0 Å². The molecule has 1 fully saturated rings. The lowest BCUT2D eigenvalue weighted by Crippen LogP contribution is -2.40. The van der Waals surface area contributed by atoms with E-state index in [4.69, 9.17) is 14.8 Å². The molecule has 0 aliphatic heterocycles. The number of hydrogen-bond donors (Lipinski definition) is 1. The standard InChI is InChI=1S/C20H24N8O/c1-12-15(16-5-7-27(3)24-16)11-28-17(12)18(22-13-9-14(10-13)29-4)23-19(25-28)20-21-6-8-26(20)2/h5-8,11,13-14H,9-10H2,1-4H3,(H,22,23,25)/t13-,14-. The molecule has 1 aliphatic carbocycles. The molecule has 0 spiro atoms. The molecule has 0 atom stereocenters. The Labute approximate surface area is 168 Å². The van der Waals surface area contributed by atoms with Crippen LogP contribution in [0.1, 0.15) is 18.4 Å². The molecule has 0 bridgehead atoms. The van der Waals surface area contributed by atoms with Gasteiger partial charge < -0.3 is 14.6 Å². The van der Waals surface area contributed by atoms with Gasteiger partial charge in [0, 0.05) is 57.6 Å². The van der Waals surface area contributed by atoms with Crippen LogP contribution in [0.15, 0.2) is 30.9 Å². The molecular weight excluding hydrogens is 368 g/mol. The summed E-state index contributed by atoms with van der Waals surface area (Å²) in [5, 5.41) is 12.9. The van der Waals surface area contributed by atoms with Crippen LogP contribution in [0.5, 0.6) is 0 Å². The zero-order valence-corrected chi connectivity index (χ0v) is 17.0. The first kappa shape index (κ1) is 17.9. The number of aryl methyl sites for hydroxylation is 3. The van der Waals surface area contributed by atoms with Crippen molar-refractivity contribution in [3.63, 3.8) is 0 Å². The van der Waals surface area contributed by atoms with Crippen LogP contribution in [0.4, 0.5) is 5.82 Å². The fourth-order valence-corrected chi connectivity index (χ4v) is 3.89. The topological polar surface area (TPSA) is 87.1 Å². The predicted octanol–water partition coefficient (Wildman–Crippen LogP) is 2.43. The number of ether oxygens (including phenoxy) is 1. The van der Waals surface area contributed by atoms with Crippen LogP contribution in [0.2, 0.25) is 0 Å². The summed E-state index contributed by atoms with van der Waals surface area (Å²) in [6.45, 7) is 2.09. The van der Waals surface area contributed by atoms with Crippen LogP contribution in [-0.2, 0) is 18.8 Å². The first-order valence-electron chi connectivity index (χ1n) is 9.70. The Bertz CT molecular complexity index is 1180. The van der Waals surface area contributed by atoms with E-state index in [1.807, 2.05) is 47.8 Å². The molecule has 1 aliphatic rings. The van der Waals surface area contributed by atoms with Gasteiger partial charge in [0.15, 0.2) is 11.6 Å². The highest BCUT2D eigenvalue weighted by molar-refractivity contribution is 5.82. The molecule has 9 heteroatoms. The third-order valence-corrected chi connectivity index (χ3v) is 5.66. The quantitative estimate of drug-likeness (QED) is 0.561. The van der Waals surface area contributed by atoms with Gasteiger partial charge in [-0.05, 0) is 31.4 Å². The zero-order chi connectivity index (χ0) is 20.1. The molecule has 4 heterocycles. The average Bonchev–Trinajstić information content (AvgIpc) is 3.36. The van der Waals surface area contributed by atoms with Crippen molar-refractivity contribution in [3.8, 4) is 22.9 Å². The van der Waals surface area contributed by atoms with E-state index in [0.717, 1.165) is 46.8 Å². The Morgan fingerprint density at radius 2 is 2.00 bits per heavy atom. The fourth-order valence-electron chi connectivity index (χ4n) is 3.89. The molecule has 150 valence electrons. The van der Waals surface area contributed by atoms with Gasteiger partial charge in [-0.25, -0.2) is 14.5 Å². The van der Waals surface area contributed by atoms with Gasteiger partial charge in [-0.15, -0.1) is 5.10 Å². The van der Waals surface area contributed by atoms with E-state index in [1.54, 1.807) is 18.0 Å². The highest BCUT2D eigenvalue weighted by Crippen LogP contribution is 2.33. The van der Waals surface area contributed by atoms with Crippen molar-refractivity contribution in [2.45, 2.75) is 31.9 Å². The molecule has 0 radical (unpaired) electrons. The summed E-state index contributed by atoms with van der Waals surface area (Å²) >= 11 is 0. The van der Waals surface area contributed by atoms with Gasteiger partial charge >= 0.3 is 0 Å². The number of anilines is 1. The second-order valence-corrected chi connectivity index (χ2v) is 7.65. The summed E-state index contributed by atoms with van der Waals surface area (Å²) < 4.78 is 11.0. The number of hydrogen-bond acceptors (Lipinski definition) is 6. The van der Waals surface area contributed by atoms with Crippen molar-refractivity contribution in [2.24, 2.45) is 14.1 Å². The number of nitrogens with one attached hydrogen (secondary N) is 1. The van der Waals surface area contributed by atoms with Crippen molar-refractivity contribution in [1.29, 1.82) is 0 Å². The molecule has 4 aromatic rings. The summed E-state index contributed by atoms with van der Waals surface area (Å²) in [7, 11) is 5.63. The third kappa shape index (κ3) is 2.98. The molecule has 5 rings (SSSR count). The molecule has 1 saturated carbocycles. The van der Waals surface area contributed by atoms with Crippen LogP contribution in [0.25, 0.3) is 28.4 Å². The number of imidazole rings is 1.